The summed E-state index contributed by atoms with van der Waals surface area (Å²) in [6, 6.07) is 0.0367. The first-order valence-corrected chi connectivity index (χ1v) is 4.96. The Labute approximate surface area is 86.1 Å². The van der Waals surface area contributed by atoms with E-state index in [0.717, 1.165) is 19.6 Å². The van der Waals surface area contributed by atoms with E-state index in [4.69, 9.17) is 0 Å². The number of ketones is 1. The maximum Gasteiger partial charge on any atom is 0.163 e. The third-order valence-corrected chi connectivity index (χ3v) is 2.66. The van der Waals surface area contributed by atoms with Gasteiger partial charge in [0.05, 0.1) is 12.5 Å². The zero-order valence-electron chi connectivity index (χ0n) is 9.21. The Kier molecular flexibility index (Phi) is 4.12. The summed E-state index contributed by atoms with van der Waals surface area (Å²) in [6.07, 6.45) is 0.388. The lowest BCUT2D eigenvalue weighted by Gasteiger charge is -2.36. The first kappa shape index (κ1) is 11.2. The number of Topliss-reactive ketones (excluding diaryl/α,β-unsaturated/α-hetero) is 1. The number of carbonyl (C=O) groups is 1. The molecule has 1 aliphatic rings. The third kappa shape index (κ3) is 2.83. The van der Waals surface area contributed by atoms with Gasteiger partial charge in [0.2, 0.25) is 0 Å². The van der Waals surface area contributed by atoms with Crippen LogP contribution in [0.15, 0.2) is 0 Å². The van der Waals surface area contributed by atoms with Gasteiger partial charge in [-0.1, -0.05) is 5.92 Å². The van der Waals surface area contributed by atoms with Gasteiger partial charge in [0.1, 0.15) is 0 Å². The Morgan fingerprint density at radius 3 is 2.79 bits per heavy atom. The fourth-order valence-corrected chi connectivity index (χ4v) is 1.65. The van der Waals surface area contributed by atoms with Crippen molar-refractivity contribution in [3.8, 4) is 11.8 Å². The second-order valence-corrected chi connectivity index (χ2v) is 3.83. The third-order valence-electron chi connectivity index (χ3n) is 2.66. The summed E-state index contributed by atoms with van der Waals surface area (Å²) >= 11 is 0. The predicted molar refractivity (Wildman–Crippen MR) is 57.0 cm³/mol. The van der Waals surface area contributed by atoms with Crippen molar-refractivity contribution in [1.29, 1.82) is 0 Å². The second-order valence-electron chi connectivity index (χ2n) is 3.83. The monoisotopic (exact) mass is 194 g/mol. The van der Waals surface area contributed by atoms with Gasteiger partial charge in [-0.2, -0.15) is 0 Å². The summed E-state index contributed by atoms with van der Waals surface area (Å²) in [4.78, 5) is 16.1. The molecule has 78 valence electrons. The zero-order valence-corrected chi connectivity index (χ0v) is 9.21. The van der Waals surface area contributed by atoms with Gasteiger partial charge in [0, 0.05) is 19.6 Å². The molecule has 0 aromatic carbocycles. The highest BCUT2D eigenvalue weighted by molar-refractivity contribution is 5.86. The van der Waals surface area contributed by atoms with Crippen molar-refractivity contribution in [2.45, 2.75) is 19.4 Å². The molecule has 1 unspecified atom stereocenters. The first-order valence-electron chi connectivity index (χ1n) is 4.96. The fourth-order valence-electron chi connectivity index (χ4n) is 1.65. The average molecular weight is 194 g/mol. The number of likely N-dealkylation sites (N-methyl/N-ethyl adjacent to an activating group) is 2. The largest absolute Gasteiger partial charge is 0.303 e. The van der Waals surface area contributed by atoms with Crippen LogP contribution in [0.1, 0.15) is 13.3 Å². The fraction of sp³-hybridized carbons (Fsp3) is 0.727. The Morgan fingerprint density at radius 1 is 1.43 bits per heavy atom. The molecule has 3 heteroatoms. The molecule has 1 heterocycles. The van der Waals surface area contributed by atoms with E-state index in [2.05, 4.69) is 28.7 Å². The molecule has 0 aliphatic carbocycles. The maximum absolute atomic E-state index is 11.7. The van der Waals surface area contributed by atoms with E-state index >= 15 is 0 Å². The average Bonchev–Trinajstić information content (AvgIpc) is 2.18. The van der Waals surface area contributed by atoms with Gasteiger partial charge < -0.3 is 4.90 Å². The van der Waals surface area contributed by atoms with Crippen molar-refractivity contribution in [1.82, 2.24) is 9.80 Å². The molecule has 0 aromatic rings. The highest BCUT2D eigenvalue weighted by Crippen LogP contribution is 2.08. The molecule has 0 N–H and O–H groups in total. The molecule has 0 spiro atoms. The van der Waals surface area contributed by atoms with E-state index in [0.29, 0.717) is 6.42 Å². The second kappa shape index (κ2) is 5.14. The number of rotatable bonds is 2. The van der Waals surface area contributed by atoms with E-state index in [-0.39, 0.29) is 11.8 Å². The molecular weight excluding hydrogens is 176 g/mol. The van der Waals surface area contributed by atoms with E-state index in [1.165, 1.54) is 0 Å². The van der Waals surface area contributed by atoms with Gasteiger partial charge in [0.15, 0.2) is 5.78 Å². The van der Waals surface area contributed by atoms with E-state index < -0.39 is 0 Å². The molecule has 0 bridgehead atoms. The summed E-state index contributed by atoms with van der Waals surface area (Å²) in [6.45, 7) is 4.61. The minimum atomic E-state index is 0.0367. The number of hydrogen-bond donors (Lipinski definition) is 0. The predicted octanol–water partition coefficient (Wildman–Crippen LogP) is 0.215. The molecule has 1 rings (SSSR count). The summed E-state index contributed by atoms with van der Waals surface area (Å²) in [5.41, 5.74) is 0. The van der Waals surface area contributed by atoms with Crippen LogP contribution in [0, 0.1) is 11.8 Å². The van der Waals surface area contributed by atoms with Gasteiger partial charge >= 0.3 is 0 Å². The highest BCUT2D eigenvalue weighted by atomic mass is 16.1. The van der Waals surface area contributed by atoms with Gasteiger partial charge in [-0.15, -0.1) is 5.92 Å². The number of piperazine rings is 1. The topological polar surface area (TPSA) is 23.6 Å². The van der Waals surface area contributed by atoms with Crippen LogP contribution in [0.25, 0.3) is 0 Å². The van der Waals surface area contributed by atoms with Crippen molar-refractivity contribution in [3.05, 3.63) is 0 Å². The van der Waals surface area contributed by atoms with Gasteiger partial charge in [-0.05, 0) is 21.0 Å². The van der Waals surface area contributed by atoms with Crippen LogP contribution in [-0.2, 0) is 4.79 Å². The van der Waals surface area contributed by atoms with Gasteiger partial charge in [-0.25, -0.2) is 0 Å². The van der Waals surface area contributed by atoms with E-state index in [1.54, 1.807) is 6.92 Å². The SMILES string of the molecule is CC#CCC(=O)C1CN(C)CCN1C. The minimum Gasteiger partial charge on any atom is -0.303 e. The molecule has 0 radical (unpaired) electrons. The molecule has 1 atom stereocenters. The van der Waals surface area contributed by atoms with Crippen molar-refractivity contribution < 1.29 is 4.79 Å². The maximum atomic E-state index is 11.7. The van der Waals surface area contributed by atoms with Crippen LogP contribution in [0.5, 0.6) is 0 Å². The summed E-state index contributed by atoms with van der Waals surface area (Å²) in [5.74, 6) is 5.84. The van der Waals surface area contributed by atoms with Crippen molar-refractivity contribution in [2.24, 2.45) is 0 Å². The lowest BCUT2D eigenvalue weighted by atomic mass is 10.1. The molecule has 0 amide bonds. The first-order chi connectivity index (χ1) is 6.65. The summed E-state index contributed by atoms with van der Waals surface area (Å²) in [7, 11) is 4.06. The summed E-state index contributed by atoms with van der Waals surface area (Å²) in [5, 5.41) is 0. The number of hydrogen-bond acceptors (Lipinski definition) is 3. The number of carbonyl (C=O) groups excluding carboxylic acids is 1. The Bertz CT molecular complexity index is 264. The van der Waals surface area contributed by atoms with E-state index in [9.17, 15) is 4.79 Å². The molecule has 1 fully saturated rings. The molecule has 1 saturated heterocycles. The molecule has 3 nitrogen and oxygen atoms in total. The Morgan fingerprint density at radius 2 is 2.14 bits per heavy atom. The van der Waals surface area contributed by atoms with Crippen LogP contribution < -0.4 is 0 Å². The van der Waals surface area contributed by atoms with E-state index in [1.807, 2.05) is 7.05 Å². The van der Waals surface area contributed by atoms with Crippen LogP contribution in [0.3, 0.4) is 0 Å². The Balaban J connectivity index is 2.54. The minimum absolute atomic E-state index is 0.0367. The standard InChI is InChI=1S/C11H18N2O/c1-4-5-6-11(14)10-9-12(2)7-8-13(10)3/h10H,6-9H2,1-3H3. The van der Waals surface area contributed by atoms with Crippen LogP contribution in [0.2, 0.25) is 0 Å². The van der Waals surface area contributed by atoms with Crippen LogP contribution >= 0.6 is 0 Å². The Hall–Kier alpha value is -0.850. The number of nitrogens with zero attached hydrogens (tertiary/aromatic N) is 2. The molecular formula is C11H18N2O. The van der Waals surface area contributed by atoms with Crippen LogP contribution in [-0.4, -0.2) is 55.4 Å². The molecule has 0 aromatic heterocycles. The lowest BCUT2D eigenvalue weighted by Crippen LogP contribution is -2.53. The zero-order chi connectivity index (χ0) is 10.6. The molecule has 14 heavy (non-hydrogen) atoms. The van der Waals surface area contributed by atoms with Crippen molar-refractivity contribution >= 4 is 5.78 Å². The molecule has 0 saturated carbocycles. The van der Waals surface area contributed by atoms with Crippen molar-refractivity contribution in [2.75, 3.05) is 33.7 Å². The van der Waals surface area contributed by atoms with Gasteiger partial charge in [-0.3, -0.25) is 9.69 Å². The van der Waals surface area contributed by atoms with Crippen molar-refractivity contribution in [3.63, 3.8) is 0 Å². The quantitative estimate of drug-likeness (QED) is 0.587. The van der Waals surface area contributed by atoms with Crippen LogP contribution in [0.4, 0.5) is 0 Å². The normalized spacial score (nSPS) is 24.1. The lowest BCUT2D eigenvalue weighted by molar-refractivity contribution is -0.124. The highest BCUT2D eigenvalue weighted by Gasteiger charge is 2.27. The smallest absolute Gasteiger partial charge is 0.163 e. The summed E-state index contributed by atoms with van der Waals surface area (Å²) < 4.78 is 0. The molecule has 1 aliphatic heterocycles. The van der Waals surface area contributed by atoms with Gasteiger partial charge in [0.25, 0.3) is 0 Å².